The second-order valence-electron chi connectivity index (χ2n) is 5.81. The Kier molecular flexibility index (Phi) is 5.91. The molecule has 26 heavy (non-hydrogen) atoms. The molecule has 2 aromatic carbocycles. The van der Waals surface area contributed by atoms with Gasteiger partial charge in [0, 0.05) is 40.7 Å². The number of amides is 1. The first kappa shape index (κ1) is 18.0. The Morgan fingerprint density at radius 1 is 1.15 bits per heavy atom. The minimum absolute atomic E-state index is 0.0515. The molecule has 6 nitrogen and oxygen atoms in total. The number of non-ortho nitro benzene ring substituents is 1. The molecule has 3 rings (SSSR count). The second kappa shape index (κ2) is 8.53. The van der Waals surface area contributed by atoms with Crippen LogP contribution >= 0.6 is 11.8 Å². The first-order valence-electron chi connectivity index (χ1n) is 8.31. The van der Waals surface area contributed by atoms with E-state index in [1.165, 1.54) is 17.0 Å². The highest BCUT2D eigenvalue weighted by atomic mass is 32.2. The molecule has 0 saturated heterocycles. The Morgan fingerprint density at radius 3 is 2.73 bits per heavy atom. The number of nitro benzene ring substituents is 1. The van der Waals surface area contributed by atoms with Crippen molar-refractivity contribution in [2.45, 2.75) is 17.9 Å². The molecule has 1 amide bonds. The molecule has 0 radical (unpaired) electrons. The van der Waals surface area contributed by atoms with E-state index in [1.807, 2.05) is 18.2 Å². The average molecular weight is 369 g/mol. The van der Waals surface area contributed by atoms with Crippen LogP contribution in [0.1, 0.15) is 6.42 Å². The first-order chi connectivity index (χ1) is 12.6. The number of aromatic nitrogens is 1. The Bertz CT molecular complexity index is 909. The molecule has 1 heterocycles. The van der Waals surface area contributed by atoms with Crippen LogP contribution in [-0.4, -0.2) is 27.7 Å². The lowest BCUT2D eigenvalue weighted by Crippen LogP contribution is -2.28. The summed E-state index contributed by atoms with van der Waals surface area (Å²) in [6, 6.07) is 16.6. The standard InChI is InChI=1S/C19H19N3O3S/c23-19(20-10-4-12-26-17-5-2-1-3-6-17)14-21-11-9-15-13-16(22(24)25)7-8-18(15)21/h1-3,5-9,11,13H,4,10,12,14H2,(H,20,23). The van der Waals surface area contributed by atoms with Crippen LogP contribution in [0.3, 0.4) is 0 Å². The zero-order valence-corrected chi connectivity index (χ0v) is 14.9. The number of nitro groups is 1. The van der Waals surface area contributed by atoms with Crippen molar-refractivity contribution in [1.82, 2.24) is 9.88 Å². The van der Waals surface area contributed by atoms with Crippen LogP contribution in [0.4, 0.5) is 5.69 Å². The molecule has 0 spiro atoms. The minimum Gasteiger partial charge on any atom is -0.355 e. The average Bonchev–Trinajstić information content (AvgIpc) is 3.04. The molecule has 3 aromatic rings. The maximum Gasteiger partial charge on any atom is 0.270 e. The van der Waals surface area contributed by atoms with Crippen molar-refractivity contribution in [3.8, 4) is 0 Å². The summed E-state index contributed by atoms with van der Waals surface area (Å²) >= 11 is 1.77. The lowest BCUT2D eigenvalue weighted by Gasteiger charge is -2.07. The highest BCUT2D eigenvalue weighted by Crippen LogP contribution is 2.22. The summed E-state index contributed by atoms with van der Waals surface area (Å²) in [5.41, 5.74) is 0.862. The van der Waals surface area contributed by atoms with Gasteiger partial charge in [0.1, 0.15) is 6.54 Å². The molecule has 0 atom stereocenters. The van der Waals surface area contributed by atoms with Gasteiger partial charge in [0.05, 0.1) is 4.92 Å². The van der Waals surface area contributed by atoms with Crippen molar-refractivity contribution in [3.63, 3.8) is 0 Å². The largest absolute Gasteiger partial charge is 0.355 e. The van der Waals surface area contributed by atoms with Crippen LogP contribution in [0.5, 0.6) is 0 Å². The lowest BCUT2D eigenvalue weighted by molar-refractivity contribution is -0.384. The summed E-state index contributed by atoms with van der Waals surface area (Å²) in [6.45, 7) is 0.830. The number of hydrogen-bond acceptors (Lipinski definition) is 4. The Labute approximate surface area is 155 Å². The van der Waals surface area contributed by atoms with Crippen molar-refractivity contribution in [3.05, 3.63) is 70.9 Å². The number of carbonyl (C=O) groups excluding carboxylic acids is 1. The van der Waals surface area contributed by atoms with E-state index in [1.54, 1.807) is 34.7 Å². The predicted molar refractivity (Wildman–Crippen MR) is 103 cm³/mol. The van der Waals surface area contributed by atoms with Gasteiger partial charge >= 0.3 is 0 Å². The smallest absolute Gasteiger partial charge is 0.270 e. The topological polar surface area (TPSA) is 77.2 Å². The van der Waals surface area contributed by atoms with E-state index >= 15 is 0 Å². The minimum atomic E-state index is -0.420. The third-order valence-electron chi connectivity index (χ3n) is 3.93. The summed E-state index contributed by atoms with van der Waals surface area (Å²) in [5.74, 6) is 0.881. The van der Waals surface area contributed by atoms with Crippen molar-refractivity contribution in [2.24, 2.45) is 0 Å². The maximum absolute atomic E-state index is 12.1. The monoisotopic (exact) mass is 369 g/mol. The highest BCUT2D eigenvalue weighted by Gasteiger charge is 2.10. The highest BCUT2D eigenvalue weighted by molar-refractivity contribution is 7.99. The third kappa shape index (κ3) is 4.64. The number of nitrogens with one attached hydrogen (secondary N) is 1. The van der Waals surface area contributed by atoms with Gasteiger partial charge < -0.3 is 9.88 Å². The fraction of sp³-hybridized carbons (Fsp3) is 0.211. The zero-order chi connectivity index (χ0) is 18.4. The molecule has 134 valence electrons. The van der Waals surface area contributed by atoms with Gasteiger partial charge in [0.25, 0.3) is 5.69 Å². The molecule has 0 aliphatic heterocycles. The Balaban J connectivity index is 1.46. The molecule has 0 bridgehead atoms. The van der Waals surface area contributed by atoms with Gasteiger partial charge in [-0.1, -0.05) is 18.2 Å². The molecule has 0 saturated carbocycles. The Hall–Kier alpha value is -2.80. The van der Waals surface area contributed by atoms with Gasteiger partial charge in [-0.15, -0.1) is 11.8 Å². The molecule has 0 aliphatic carbocycles. The van der Waals surface area contributed by atoms with Crippen LogP contribution < -0.4 is 5.32 Å². The van der Waals surface area contributed by atoms with Crippen LogP contribution in [0, 0.1) is 10.1 Å². The van der Waals surface area contributed by atoms with Gasteiger partial charge in [-0.3, -0.25) is 14.9 Å². The van der Waals surface area contributed by atoms with Gasteiger partial charge in [-0.05, 0) is 36.4 Å². The molecular weight excluding hydrogens is 350 g/mol. The number of hydrogen-bond donors (Lipinski definition) is 1. The zero-order valence-electron chi connectivity index (χ0n) is 14.1. The quantitative estimate of drug-likeness (QED) is 0.283. The molecule has 0 fully saturated rings. The fourth-order valence-corrected chi connectivity index (χ4v) is 3.53. The number of thioether (sulfide) groups is 1. The predicted octanol–water partition coefficient (Wildman–Crippen LogP) is 3.85. The van der Waals surface area contributed by atoms with Crippen LogP contribution in [0.25, 0.3) is 10.9 Å². The Morgan fingerprint density at radius 2 is 1.96 bits per heavy atom. The molecule has 0 unspecified atom stereocenters. The summed E-state index contributed by atoms with van der Waals surface area (Å²) in [5, 5.41) is 14.5. The number of nitrogens with zero attached hydrogens (tertiary/aromatic N) is 2. The summed E-state index contributed by atoms with van der Waals surface area (Å²) in [4.78, 5) is 23.7. The van der Waals surface area contributed by atoms with E-state index < -0.39 is 4.92 Å². The second-order valence-corrected chi connectivity index (χ2v) is 6.98. The van der Waals surface area contributed by atoms with E-state index in [0.717, 1.165) is 23.1 Å². The molecule has 1 N–H and O–H groups in total. The van der Waals surface area contributed by atoms with Crippen molar-refractivity contribution < 1.29 is 9.72 Å². The van der Waals surface area contributed by atoms with E-state index in [4.69, 9.17) is 0 Å². The normalized spacial score (nSPS) is 10.8. The lowest BCUT2D eigenvalue weighted by atomic mass is 10.2. The van der Waals surface area contributed by atoms with Crippen LogP contribution in [0.15, 0.2) is 65.7 Å². The van der Waals surface area contributed by atoms with E-state index in [0.29, 0.717) is 6.54 Å². The van der Waals surface area contributed by atoms with Crippen LogP contribution in [-0.2, 0) is 11.3 Å². The molecule has 1 aromatic heterocycles. The number of carbonyl (C=O) groups is 1. The van der Waals surface area contributed by atoms with Crippen LogP contribution in [0.2, 0.25) is 0 Å². The molecule has 7 heteroatoms. The van der Waals surface area contributed by atoms with E-state index in [9.17, 15) is 14.9 Å². The van der Waals surface area contributed by atoms with E-state index in [2.05, 4.69) is 17.4 Å². The SMILES string of the molecule is O=C(Cn1ccc2cc([N+](=O)[O-])ccc21)NCCCSc1ccccc1. The van der Waals surface area contributed by atoms with Gasteiger partial charge in [0.2, 0.25) is 5.91 Å². The number of benzene rings is 2. The summed E-state index contributed by atoms with van der Waals surface area (Å²) < 4.78 is 1.80. The number of rotatable bonds is 8. The first-order valence-corrected chi connectivity index (χ1v) is 9.30. The van der Waals surface area contributed by atoms with E-state index in [-0.39, 0.29) is 18.1 Å². The summed E-state index contributed by atoms with van der Waals surface area (Å²) in [7, 11) is 0. The van der Waals surface area contributed by atoms with Gasteiger partial charge in [-0.25, -0.2) is 0 Å². The number of fused-ring (bicyclic) bond motifs is 1. The van der Waals surface area contributed by atoms with Crippen molar-refractivity contribution in [1.29, 1.82) is 0 Å². The maximum atomic E-state index is 12.1. The van der Waals surface area contributed by atoms with Gasteiger partial charge in [0.15, 0.2) is 0 Å². The van der Waals surface area contributed by atoms with Crippen molar-refractivity contribution in [2.75, 3.05) is 12.3 Å². The fourth-order valence-electron chi connectivity index (χ4n) is 2.66. The van der Waals surface area contributed by atoms with Crippen molar-refractivity contribution >= 4 is 34.3 Å². The molecular formula is C19H19N3O3S. The third-order valence-corrected chi connectivity index (χ3v) is 5.03. The summed E-state index contributed by atoms with van der Waals surface area (Å²) in [6.07, 6.45) is 2.67. The molecule has 0 aliphatic rings. The van der Waals surface area contributed by atoms with Gasteiger partial charge in [-0.2, -0.15) is 0 Å².